The van der Waals surface area contributed by atoms with E-state index in [0.29, 0.717) is 16.8 Å². The highest BCUT2D eigenvalue weighted by molar-refractivity contribution is 7.88. The van der Waals surface area contributed by atoms with Crippen LogP contribution in [-0.4, -0.2) is 25.6 Å². The molecule has 2 heterocycles. The molecule has 8 heteroatoms. The molecule has 2 aliphatic rings. The maximum atomic E-state index is 13.6. The first-order chi connectivity index (χ1) is 11.8. The van der Waals surface area contributed by atoms with E-state index in [9.17, 15) is 17.6 Å². The number of pyridine rings is 1. The second-order valence-corrected chi connectivity index (χ2v) is 8.34. The summed E-state index contributed by atoms with van der Waals surface area (Å²) in [6, 6.07) is 6.07. The fourth-order valence-corrected chi connectivity index (χ4v) is 3.85. The second-order valence-electron chi connectivity index (χ2n) is 6.51. The quantitative estimate of drug-likeness (QED) is 0.902. The molecule has 1 aromatic carbocycles. The summed E-state index contributed by atoms with van der Waals surface area (Å²) in [5.41, 5.74) is 2.04. The van der Waals surface area contributed by atoms with Crippen molar-refractivity contribution in [3.05, 3.63) is 59.2 Å². The maximum absolute atomic E-state index is 13.6. The van der Waals surface area contributed by atoms with E-state index < -0.39 is 21.4 Å². The number of fused-ring (bicyclic) bond motifs is 2. The van der Waals surface area contributed by atoms with Crippen LogP contribution in [-0.2, 0) is 22.1 Å². The molecule has 25 heavy (non-hydrogen) atoms. The summed E-state index contributed by atoms with van der Waals surface area (Å²) in [4.78, 5) is 18.6. The summed E-state index contributed by atoms with van der Waals surface area (Å²) in [5, 5.41) is 0. The van der Waals surface area contributed by atoms with Crippen molar-refractivity contribution < 1.29 is 17.6 Å². The number of carbonyl (C=O) groups is 1. The Hall–Kier alpha value is -2.32. The van der Waals surface area contributed by atoms with Crippen LogP contribution in [0.15, 0.2) is 36.7 Å². The Kier molecular flexibility index (Phi) is 3.45. The molecule has 1 amide bonds. The van der Waals surface area contributed by atoms with E-state index in [1.807, 2.05) is 0 Å². The Bertz CT molecular complexity index is 986. The maximum Gasteiger partial charge on any atom is 0.259 e. The average Bonchev–Trinajstić information content (AvgIpc) is 3.29. The number of halogens is 1. The zero-order chi connectivity index (χ0) is 17.8. The Morgan fingerprint density at radius 2 is 2.04 bits per heavy atom. The van der Waals surface area contributed by atoms with Gasteiger partial charge in [0.2, 0.25) is 10.0 Å². The van der Waals surface area contributed by atoms with Gasteiger partial charge in [-0.3, -0.25) is 14.7 Å². The van der Waals surface area contributed by atoms with Crippen molar-refractivity contribution in [2.24, 2.45) is 0 Å². The van der Waals surface area contributed by atoms with Crippen LogP contribution in [0.2, 0.25) is 0 Å². The molecule has 0 radical (unpaired) electrons. The molecule has 1 spiro atoms. The number of sulfonamides is 1. The van der Waals surface area contributed by atoms with Crippen molar-refractivity contribution in [2.75, 3.05) is 11.2 Å². The van der Waals surface area contributed by atoms with Crippen LogP contribution in [0.25, 0.3) is 0 Å². The number of hydrogen-bond acceptors (Lipinski definition) is 4. The van der Waals surface area contributed by atoms with E-state index in [-0.39, 0.29) is 12.5 Å². The van der Waals surface area contributed by atoms with E-state index in [1.54, 1.807) is 29.4 Å². The standard InChI is InChI=1S/C17H16FN3O3S/c1-25(23,24)20-9-11-6-13(10-19-8-11)21-16(22)14-7-12(18)2-3-15(14)17(21)4-5-17/h2-3,6-8,10,20H,4-5,9H2,1H3. The number of benzene rings is 1. The number of aromatic nitrogens is 1. The third kappa shape index (κ3) is 2.71. The van der Waals surface area contributed by atoms with Crippen molar-refractivity contribution >= 4 is 21.6 Å². The minimum absolute atomic E-state index is 0.0935. The summed E-state index contributed by atoms with van der Waals surface area (Å²) in [6.07, 6.45) is 5.82. The van der Waals surface area contributed by atoms with Crippen LogP contribution in [0.1, 0.15) is 34.3 Å². The minimum Gasteiger partial charge on any atom is -0.297 e. The number of amides is 1. The Labute approximate surface area is 144 Å². The molecule has 0 bridgehead atoms. The van der Waals surface area contributed by atoms with Crippen LogP contribution in [0.4, 0.5) is 10.1 Å². The van der Waals surface area contributed by atoms with E-state index in [1.165, 1.54) is 12.1 Å². The van der Waals surface area contributed by atoms with Crippen molar-refractivity contribution in [1.82, 2.24) is 9.71 Å². The zero-order valence-electron chi connectivity index (χ0n) is 13.5. The largest absolute Gasteiger partial charge is 0.297 e. The Morgan fingerprint density at radius 1 is 1.28 bits per heavy atom. The smallest absolute Gasteiger partial charge is 0.259 e. The molecule has 1 aliphatic carbocycles. The first-order valence-electron chi connectivity index (χ1n) is 7.83. The van der Waals surface area contributed by atoms with Gasteiger partial charge in [0.25, 0.3) is 5.91 Å². The molecular formula is C17H16FN3O3S. The van der Waals surface area contributed by atoms with Gasteiger partial charge >= 0.3 is 0 Å². The normalized spacial score (nSPS) is 17.8. The van der Waals surface area contributed by atoms with E-state index in [2.05, 4.69) is 9.71 Å². The number of carbonyl (C=O) groups excluding carboxylic acids is 1. The lowest BCUT2D eigenvalue weighted by molar-refractivity contribution is 0.0988. The molecule has 1 fully saturated rings. The van der Waals surface area contributed by atoms with Crippen LogP contribution in [0.3, 0.4) is 0 Å². The molecule has 0 atom stereocenters. The zero-order valence-corrected chi connectivity index (χ0v) is 14.3. The van der Waals surface area contributed by atoms with Gasteiger partial charge in [0.1, 0.15) is 5.82 Å². The molecular weight excluding hydrogens is 345 g/mol. The molecule has 4 rings (SSSR count). The molecule has 2 aromatic rings. The molecule has 1 saturated carbocycles. The summed E-state index contributed by atoms with van der Waals surface area (Å²) in [7, 11) is -3.32. The van der Waals surface area contributed by atoms with Gasteiger partial charge < -0.3 is 0 Å². The molecule has 0 saturated heterocycles. The van der Waals surface area contributed by atoms with Crippen molar-refractivity contribution in [1.29, 1.82) is 0 Å². The summed E-state index contributed by atoms with van der Waals surface area (Å²) in [6.45, 7) is 0.0935. The molecule has 6 nitrogen and oxygen atoms in total. The van der Waals surface area contributed by atoms with Gasteiger partial charge in [-0.05, 0) is 42.2 Å². The van der Waals surface area contributed by atoms with Crippen molar-refractivity contribution in [3.8, 4) is 0 Å². The molecule has 0 unspecified atom stereocenters. The highest BCUT2D eigenvalue weighted by Crippen LogP contribution is 2.57. The predicted molar refractivity (Wildman–Crippen MR) is 90.0 cm³/mol. The van der Waals surface area contributed by atoms with Gasteiger partial charge in [0, 0.05) is 18.3 Å². The van der Waals surface area contributed by atoms with E-state index in [0.717, 1.165) is 24.7 Å². The number of rotatable bonds is 4. The van der Waals surface area contributed by atoms with E-state index >= 15 is 0 Å². The highest BCUT2D eigenvalue weighted by Gasteiger charge is 2.58. The lowest BCUT2D eigenvalue weighted by Crippen LogP contribution is -2.33. The number of nitrogens with zero attached hydrogens (tertiary/aromatic N) is 2. The third-order valence-electron chi connectivity index (χ3n) is 4.65. The van der Waals surface area contributed by atoms with Gasteiger partial charge in [-0.2, -0.15) is 0 Å². The van der Waals surface area contributed by atoms with Crippen LogP contribution in [0, 0.1) is 5.82 Å². The number of nitrogens with one attached hydrogen (secondary N) is 1. The molecule has 130 valence electrons. The lowest BCUT2D eigenvalue weighted by Gasteiger charge is -2.25. The van der Waals surface area contributed by atoms with Crippen LogP contribution >= 0.6 is 0 Å². The predicted octanol–water partition coefficient (Wildman–Crippen LogP) is 1.92. The summed E-state index contributed by atoms with van der Waals surface area (Å²) >= 11 is 0. The summed E-state index contributed by atoms with van der Waals surface area (Å²) in [5.74, 6) is -0.684. The van der Waals surface area contributed by atoms with Crippen molar-refractivity contribution in [2.45, 2.75) is 24.9 Å². The SMILES string of the molecule is CS(=O)(=O)NCc1cncc(N2C(=O)c3cc(F)ccc3C23CC3)c1. The van der Waals surface area contributed by atoms with Crippen LogP contribution < -0.4 is 9.62 Å². The van der Waals surface area contributed by atoms with E-state index in [4.69, 9.17) is 0 Å². The highest BCUT2D eigenvalue weighted by atomic mass is 32.2. The number of hydrogen-bond donors (Lipinski definition) is 1. The first kappa shape index (κ1) is 16.2. The first-order valence-corrected chi connectivity index (χ1v) is 9.72. The Balaban J connectivity index is 1.70. The minimum atomic E-state index is -3.32. The Morgan fingerprint density at radius 3 is 2.72 bits per heavy atom. The monoisotopic (exact) mass is 361 g/mol. The average molecular weight is 361 g/mol. The van der Waals surface area contributed by atoms with Crippen molar-refractivity contribution in [3.63, 3.8) is 0 Å². The molecule has 1 aliphatic heterocycles. The van der Waals surface area contributed by atoms with Gasteiger partial charge in [-0.1, -0.05) is 6.07 Å². The fraction of sp³-hybridized carbons (Fsp3) is 0.294. The number of anilines is 1. The fourth-order valence-electron chi connectivity index (χ4n) is 3.42. The topological polar surface area (TPSA) is 79.4 Å². The summed E-state index contributed by atoms with van der Waals surface area (Å²) < 4.78 is 38.5. The third-order valence-corrected chi connectivity index (χ3v) is 5.31. The van der Waals surface area contributed by atoms with Gasteiger partial charge in [-0.15, -0.1) is 0 Å². The van der Waals surface area contributed by atoms with Gasteiger partial charge in [-0.25, -0.2) is 17.5 Å². The molecule has 1 aromatic heterocycles. The van der Waals surface area contributed by atoms with Gasteiger partial charge in [0.15, 0.2) is 0 Å². The van der Waals surface area contributed by atoms with Crippen LogP contribution in [0.5, 0.6) is 0 Å². The van der Waals surface area contributed by atoms with Gasteiger partial charge in [0.05, 0.1) is 23.7 Å². The molecule has 1 N–H and O–H groups in total. The second kappa shape index (κ2) is 5.34. The lowest BCUT2D eigenvalue weighted by atomic mass is 10.0.